The molecule has 2 aliphatic carbocycles. The molecule has 2 saturated heterocycles. The minimum absolute atomic E-state index is 0. The van der Waals surface area contributed by atoms with Gasteiger partial charge in [-0.05, 0) is 58.7 Å². The van der Waals surface area contributed by atoms with E-state index >= 15 is 0 Å². The first kappa shape index (κ1) is 46.2. The summed E-state index contributed by atoms with van der Waals surface area (Å²) < 4.78 is 23.0. The maximum Gasteiger partial charge on any atom is 2.00 e. The summed E-state index contributed by atoms with van der Waals surface area (Å²) in [6.07, 6.45) is -17.8. The molecule has 2 aliphatic heterocycles. The number of carbonyl (C=O) groups excluding carboxylic acids is 4. The number of aromatic carboxylic acids is 2. The van der Waals surface area contributed by atoms with E-state index in [9.17, 15) is 80.5 Å². The van der Waals surface area contributed by atoms with Crippen molar-refractivity contribution in [2.45, 2.75) is 73.2 Å². The van der Waals surface area contributed by atoms with Crippen molar-refractivity contribution in [1.29, 1.82) is 0 Å². The van der Waals surface area contributed by atoms with Crippen molar-refractivity contribution in [2.24, 2.45) is 0 Å². The van der Waals surface area contributed by atoms with Gasteiger partial charge in [0, 0.05) is 23.0 Å². The fourth-order valence-corrected chi connectivity index (χ4v) is 8.70. The van der Waals surface area contributed by atoms with Crippen LogP contribution in [0.5, 0.6) is 23.0 Å². The first-order valence-corrected chi connectivity index (χ1v) is 18.9. The number of phenols is 2. The number of aromatic hydroxyl groups is 2. The average molecular weight is 901 g/mol. The molecule has 12 unspecified atom stereocenters. The number of rotatable bonds is 9. The van der Waals surface area contributed by atoms with Crippen LogP contribution in [-0.4, -0.2) is 187 Å². The van der Waals surface area contributed by atoms with E-state index in [1.807, 2.05) is 0 Å². The van der Waals surface area contributed by atoms with Gasteiger partial charge in [-0.1, -0.05) is 24.3 Å². The van der Waals surface area contributed by atoms with Gasteiger partial charge in [-0.15, -0.1) is 0 Å². The van der Waals surface area contributed by atoms with Crippen LogP contribution in [0.3, 0.4) is 0 Å². The molecule has 0 bridgehead atoms. The number of ketones is 2. The normalized spacial score (nSPS) is 29.6. The molecule has 0 aromatic heterocycles. The fraction of sp³-hybridized carbons (Fsp3) is 0.333. The predicted octanol–water partition coefficient (Wildman–Crippen LogP) is -4.15. The molecule has 63 heavy (non-hydrogen) atoms. The standard InChI is InChI=1S/C42H38O20.Ca/c43-11-23-31(47)35(51)37(53)41(61-23)59-21-5-1-3-15-25(17-7-13(39(55)56)9-19(45)27(17)33(49)29(15)21)26-16-4-2-6-22(60-42-38(54)36(52)32(48)24(12-44)62-42)30(16)34(50)28-18(26)8-14(40(57)58)10-20(28)46;/h1-10,23-26,31-32,35-38,41-48,51-54H,11-12H2,(H,55,56)(H,57,58);/q;+2/p-2. The van der Waals surface area contributed by atoms with Crippen LogP contribution in [0, 0.1) is 0 Å². The van der Waals surface area contributed by atoms with Gasteiger partial charge in [-0.3, -0.25) is 9.59 Å². The topological polar surface area (TPSA) is 354 Å². The van der Waals surface area contributed by atoms with Gasteiger partial charge in [0.1, 0.15) is 71.8 Å². The Balaban J connectivity index is 0.00000595. The van der Waals surface area contributed by atoms with E-state index < -0.39 is 144 Å². The number of carboxylic acids is 2. The van der Waals surface area contributed by atoms with Crippen LogP contribution in [0.1, 0.15) is 86.6 Å². The monoisotopic (exact) mass is 900 g/mol. The second kappa shape index (κ2) is 17.7. The third kappa shape index (κ3) is 7.63. The Morgan fingerprint density at radius 1 is 0.540 bits per heavy atom. The Morgan fingerprint density at radius 3 is 1.24 bits per heavy atom. The fourth-order valence-electron chi connectivity index (χ4n) is 8.70. The van der Waals surface area contributed by atoms with Gasteiger partial charge in [0.25, 0.3) is 0 Å². The number of carboxylic acid groups (broad SMARTS) is 2. The SMILES string of the molecule is O=C([O-])c1cc(O)c2c(c1)C(C1c3cc(C(=O)[O-])cc(O)c3C(=O)c3c(OC4OC(CO)C(O)C(O)C4O)cccc31)c1cccc(OC3OC(CO)C(O)C(O)C3O)c1C2=O.[Ca+2]. The molecule has 0 spiro atoms. The van der Waals surface area contributed by atoms with Crippen LogP contribution in [0.25, 0.3) is 0 Å². The van der Waals surface area contributed by atoms with Crippen molar-refractivity contribution in [3.63, 3.8) is 0 Å². The van der Waals surface area contributed by atoms with Crippen molar-refractivity contribution in [1.82, 2.24) is 0 Å². The third-order valence-electron chi connectivity index (χ3n) is 11.6. The summed E-state index contributed by atoms with van der Waals surface area (Å²) in [5.74, 6) is -10.9. The summed E-state index contributed by atoms with van der Waals surface area (Å²) in [5.41, 5.74) is -3.44. The number of carbonyl (C=O) groups is 4. The molecule has 2 fully saturated rings. The van der Waals surface area contributed by atoms with Gasteiger partial charge in [-0.2, -0.15) is 0 Å². The van der Waals surface area contributed by atoms with Gasteiger partial charge < -0.3 is 89.8 Å². The Labute approximate surface area is 384 Å². The van der Waals surface area contributed by atoms with Crippen molar-refractivity contribution in [3.8, 4) is 23.0 Å². The van der Waals surface area contributed by atoms with E-state index in [1.165, 1.54) is 36.4 Å². The maximum absolute atomic E-state index is 14.6. The summed E-state index contributed by atoms with van der Waals surface area (Å²) in [4.78, 5) is 54.0. The zero-order valence-corrected chi connectivity index (χ0v) is 34.6. The average Bonchev–Trinajstić information content (AvgIpc) is 3.24. The molecule has 0 amide bonds. The van der Waals surface area contributed by atoms with Crippen LogP contribution >= 0.6 is 0 Å². The summed E-state index contributed by atoms with van der Waals surface area (Å²) in [6, 6.07) is 11.5. The molecule has 10 N–H and O–H groups in total. The van der Waals surface area contributed by atoms with Crippen molar-refractivity contribution < 1.29 is 99.4 Å². The molecule has 2 heterocycles. The van der Waals surface area contributed by atoms with Gasteiger partial charge in [0.15, 0.2) is 0 Å². The Hall–Kier alpha value is -4.78. The molecule has 12 atom stereocenters. The number of hydrogen-bond acceptors (Lipinski definition) is 20. The van der Waals surface area contributed by atoms with Crippen molar-refractivity contribution in [3.05, 3.63) is 116 Å². The molecule has 326 valence electrons. The number of benzene rings is 4. The summed E-state index contributed by atoms with van der Waals surface area (Å²) in [6.45, 7) is -1.66. The van der Waals surface area contributed by atoms with Gasteiger partial charge in [0.2, 0.25) is 24.1 Å². The Bertz CT molecular complexity index is 2330. The molecule has 0 radical (unpaired) electrons. The van der Waals surface area contributed by atoms with E-state index in [1.54, 1.807) is 0 Å². The van der Waals surface area contributed by atoms with Crippen molar-refractivity contribution in [2.75, 3.05) is 13.2 Å². The predicted molar refractivity (Wildman–Crippen MR) is 203 cm³/mol. The van der Waals surface area contributed by atoms with E-state index in [-0.39, 0.29) is 82.6 Å². The van der Waals surface area contributed by atoms with Crippen LogP contribution in [0.15, 0.2) is 60.7 Å². The summed E-state index contributed by atoms with van der Waals surface area (Å²) in [7, 11) is 0. The van der Waals surface area contributed by atoms with E-state index in [0.717, 1.165) is 24.3 Å². The number of phenolic OH excluding ortho intramolecular Hbond substituents is 2. The van der Waals surface area contributed by atoms with Crippen molar-refractivity contribution >= 4 is 61.2 Å². The first-order chi connectivity index (χ1) is 29.5. The maximum atomic E-state index is 14.6. The minimum atomic E-state index is -1.96. The van der Waals surface area contributed by atoms with E-state index in [0.29, 0.717) is 0 Å². The second-order valence-corrected chi connectivity index (χ2v) is 15.2. The van der Waals surface area contributed by atoms with Crippen LogP contribution in [0.4, 0.5) is 0 Å². The van der Waals surface area contributed by atoms with Crippen LogP contribution in [0.2, 0.25) is 0 Å². The zero-order valence-electron chi connectivity index (χ0n) is 32.4. The quantitative estimate of drug-likeness (QED) is 0.0713. The van der Waals surface area contributed by atoms with Crippen LogP contribution < -0.4 is 19.7 Å². The molecule has 0 saturated carbocycles. The molecular weight excluding hydrogens is 865 g/mol. The number of hydrogen-bond donors (Lipinski definition) is 10. The molecular formula is C42H36CaO20. The molecule has 4 aliphatic rings. The number of ether oxygens (including phenoxy) is 4. The third-order valence-corrected chi connectivity index (χ3v) is 11.6. The summed E-state index contributed by atoms with van der Waals surface area (Å²) in [5, 5.41) is 130. The number of aliphatic hydroxyl groups excluding tert-OH is 8. The van der Waals surface area contributed by atoms with Gasteiger partial charge in [0.05, 0.1) is 47.4 Å². The second-order valence-electron chi connectivity index (χ2n) is 15.2. The van der Waals surface area contributed by atoms with Crippen LogP contribution in [-0.2, 0) is 9.47 Å². The first-order valence-electron chi connectivity index (χ1n) is 18.9. The minimum Gasteiger partial charge on any atom is -0.545 e. The van der Waals surface area contributed by atoms with E-state index in [4.69, 9.17) is 18.9 Å². The van der Waals surface area contributed by atoms with E-state index in [2.05, 4.69) is 0 Å². The Kier molecular flexibility index (Phi) is 13.0. The largest absolute Gasteiger partial charge is 2.00 e. The number of aliphatic hydroxyl groups is 8. The molecule has 20 nitrogen and oxygen atoms in total. The molecule has 4 aromatic rings. The smallest absolute Gasteiger partial charge is 0.545 e. The molecule has 8 rings (SSSR count). The summed E-state index contributed by atoms with van der Waals surface area (Å²) >= 11 is 0. The van der Waals surface area contributed by atoms with Gasteiger partial charge >= 0.3 is 37.7 Å². The zero-order chi connectivity index (χ0) is 44.6. The molecule has 4 aromatic carbocycles. The van der Waals surface area contributed by atoms with Gasteiger partial charge in [-0.25, -0.2) is 0 Å². The number of fused-ring (bicyclic) bond motifs is 4. The Morgan fingerprint density at radius 2 is 0.905 bits per heavy atom. The molecule has 21 heteroatoms.